The number of alkyl halides is 3. The van der Waals surface area contributed by atoms with E-state index in [9.17, 15) is 33.0 Å². The molecule has 33 heavy (non-hydrogen) atoms. The smallest absolute Gasteiger partial charge is 0.388 e. The Morgan fingerprint density at radius 3 is 2.12 bits per heavy atom. The van der Waals surface area contributed by atoms with Crippen molar-refractivity contribution in [3.8, 4) is 0 Å². The summed E-state index contributed by atoms with van der Waals surface area (Å²) in [7, 11) is 0. The molecule has 1 atom stereocenters. The lowest BCUT2D eigenvalue weighted by Crippen LogP contribution is -2.53. The second kappa shape index (κ2) is 7.98. The summed E-state index contributed by atoms with van der Waals surface area (Å²) in [6.45, 7) is 4.73. The number of β-amino-alcohol motifs (C(OH)–C–C–N with tert-alkyl or cyclic N) is 1. The maximum Gasteiger partial charge on any atom is 0.418 e. The van der Waals surface area contributed by atoms with Gasteiger partial charge < -0.3 is 20.0 Å². The van der Waals surface area contributed by atoms with E-state index in [1.54, 1.807) is 9.80 Å². The number of nitrogens with zero attached hydrogens (tertiary/aromatic N) is 2. The first-order valence-electron chi connectivity index (χ1n) is 11.5. The van der Waals surface area contributed by atoms with Gasteiger partial charge >= 0.3 is 6.18 Å². The first-order chi connectivity index (χ1) is 15.3. The second-order valence-electron chi connectivity index (χ2n) is 10.5. The molecule has 0 bridgehead atoms. The number of amides is 2. The third-order valence-corrected chi connectivity index (χ3v) is 7.92. The summed E-state index contributed by atoms with van der Waals surface area (Å²) >= 11 is 0. The molecule has 1 aromatic carbocycles. The van der Waals surface area contributed by atoms with Crippen molar-refractivity contribution >= 4 is 17.5 Å². The molecule has 6 nitrogen and oxygen atoms in total. The van der Waals surface area contributed by atoms with Crippen molar-refractivity contribution in [2.24, 2.45) is 5.41 Å². The van der Waals surface area contributed by atoms with Crippen LogP contribution in [0.3, 0.4) is 0 Å². The minimum Gasteiger partial charge on any atom is -0.388 e. The Labute approximate surface area is 191 Å². The number of hydrogen-bond acceptors (Lipinski definition) is 4. The van der Waals surface area contributed by atoms with E-state index < -0.39 is 23.3 Å². The maximum absolute atomic E-state index is 13.3. The van der Waals surface area contributed by atoms with Crippen LogP contribution in [0.4, 0.5) is 18.9 Å². The molecule has 1 aromatic rings. The molecule has 3 aliphatic rings. The van der Waals surface area contributed by atoms with E-state index in [-0.39, 0.29) is 29.5 Å². The van der Waals surface area contributed by atoms with Crippen LogP contribution in [0, 0.1) is 5.41 Å². The molecule has 1 saturated carbocycles. The van der Waals surface area contributed by atoms with E-state index in [2.05, 4.69) is 0 Å². The summed E-state index contributed by atoms with van der Waals surface area (Å²) in [4.78, 5) is 29.0. The van der Waals surface area contributed by atoms with E-state index in [4.69, 9.17) is 0 Å². The highest BCUT2D eigenvalue weighted by molar-refractivity contribution is 6.00. The highest BCUT2D eigenvalue weighted by Gasteiger charge is 2.53. The lowest BCUT2D eigenvalue weighted by atomic mass is 9.67. The minimum absolute atomic E-state index is 0.0518. The fourth-order valence-electron chi connectivity index (χ4n) is 5.53. The van der Waals surface area contributed by atoms with E-state index in [0.717, 1.165) is 6.42 Å². The summed E-state index contributed by atoms with van der Waals surface area (Å²) < 4.78 is 38.2. The van der Waals surface area contributed by atoms with Crippen molar-refractivity contribution in [1.29, 1.82) is 0 Å². The van der Waals surface area contributed by atoms with Gasteiger partial charge in [-0.25, -0.2) is 0 Å². The monoisotopic (exact) mass is 468 g/mol. The molecule has 0 aromatic heterocycles. The van der Waals surface area contributed by atoms with E-state index in [1.165, 1.54) is 24.3 Å². The molecule has 182 valence electrons. The third kappa shape index (κ3) is 4.37. The number of aliphatic hydroxyl groups is 2. The van der Waals surface area contributed by atoms with Crippen LogP contribution in [0.15, 0.2) is 24.3 Å². The third-order valence-electron chi connectivity index (χ3n) is 7.92. The van der Waals surface area contributed by atoms with Gasteiger partial charge in [0.1, 0.15) is 0 Å². The van der Waals surface area contributed by atoms with Gasteiger partial charge in [0.2, 0.25) is 11.8 Å². The number of benzene rings is 1. The van der Waals surface area contributed by atoms with Crippen LogP contribution in [-0.2, 0) is 9.59 Å². The molecule has 2 aliphatic heterocycles. The number of likely N-dealkylation sites (tertiary alicyclic amines) is 1. The Hall–Kier alpha value is -2.13. The van der Waals surface area contributed by atoms with Crippen molar-refractivity contribution in [3.05, 3.63) is 29.8 Å². The lowest BCUT2D eigenvalue weighted by molar-refractivity contribution is -0.206. The van der Waals surface area contributed by atoms with Gasteiger partial charge in [-0.3, -0.25) is 9.59 Å². The second-order valence-corrected chi connectivity index (χ2v) is 10.5. The van der Waals surface area contributed by atoms with Crippen molar-refractivity contribution in [2.75, 3.05) is 18.0 Å². The fourth-order valence-corrected chi connectivity index (χ4v) is 5.53. The van der Waals surface area contributed by atoms with Crippen LogP contribution < -0.4 is 4.90 Å². The quantitative estimate of drug-likeness (QED) is 0.706. The Morgan fingerprint density at radius 1 is 1.00 bits per heavy atom. The summed E-state index contributed by atoms with van der Waals surface area (Å²) in [5.41, 5.74) is -1.67. The van der Waals surface area contributed by atoms with Crippen LogP contribution in [0.25, 0.3) is 0 Å². The first-order valence-corrected chi connectivity index (χ1v) is 11.5. The zero-order valence-corrected chi connectivity index (χ0v) is 19.0. The molecule has 1 unspecified atom stereocenters. The standard InChI is InChI=1S/C24H31F3N2O4/c1-21(2)8-7-18(30)29(21)15-23(33)11-9-22(10-12-23)13-14-28(20(22)32)17-5-3-16(4-6-17)19(31)24(25,26)27/h3-6,19,31,33H,7-15H2,1-2H3. The van der Waals surface area contributed by atoms with Crippen LogP contribution in [-0.4, -0.2) is 57.3 Å². The van der Waals surface area contributed by atoms with Gasteiger partial charge in [0.25, 0.3) is 0 Å². The summed E-state index contributed by atoms with van der Waals surface area (Å²) in [5.74, 6) is -0.0258. The van der Waals surface area contributed by atoms with Crippen LogP contribution in [0.1, 0.15) is 70.5 Å². The van der Waals surface area contributed by atoms with Gasteiger partial charge in [0.15, 0.2) is 6.10 Å². The summed E-state index contributed by atoms with van der Waals surface area (Å²) in [6, 6.07) is 5.25. The molecule has 2 N–H and O–H groups in total. The van der Waals surface area contributed by atoms with Crippen LogP contribution in [0.2, 0.25) is 0 Å². The zero-order valence-electron chi connectivity index (χ0n) is 19.0. The fraction of sp³-hybridized carbons (Fsp3) is 0.667. The predicted molar refractivity (Wildman–Crippen MR) is 115 cm³/mol. The molecule has 2 amide bonds. The first kappa shape index (κ1) is 24.0. The molecule has 4 rings (SSSR count). The van der Waals surface area contributed by atoms with Gasteiger partial charge in [-0.15, -0.1) is 0 Å². The molecule has 2 heterocycles. The largest absolute Gasteiger partial charge is 0.418 e. The van der Waals surface area contributed by atoms with Crippen molar-refractivity contribution in [3.63, 3.8) is 0 Å². The van der Waals surface area contributed by atoms with Crippen molar-refractivity contribution in [1.82, 2.24) is 4.90 Å². The average molecular weight is 469 g/mol. The van der Waals surface area contributed by atoms with Gasteiger partial charge in [-0.05, 0) is 70.1 Å². The van der Waals surface area contributed by atoms with E-state index >= 15 is 0 Å². The number of halogens is 3. The number of anilines is 1. The topological polar surface area (TPSA) is 81.1 Å². The Bertz CT molecular complexity index is 921. The molecule has 2 saturated heterocycles. The van der Waals surface area contributed by atoms with E-state index in [0.29, 0.717) is 50.8 Å². The minimum atomic E-state index is -4.75. The Kier molecular flexibility index (Phi) is 5.80. The zero-order chi connectivity index (χ0) is 24.2. The number of carbonyl (C=O) groups is 2. The van der Waals surface area contributed by atoms with Crippen molar-refractivity contribution in [2.45, 2.75) is 82.2 Å². The SMILES string of the molecule is CC1(C)CCC(=O)N1CC1(O)CCC2(CCN(c3ccc(C(O)C(F)(F)F)cc3)C2=O)CC1. The predicted octanol–water partition coefficient (Wildman–Crippen LogP) is 3.71. The van der Waals surface area contributed by atoms with Gasteiger partial charge in [-0.2, -0.15) is 13.2 Å². The summed E-state index contributed by atoms with van der Waals surface area (Å²) in [5, 5.41) is 20.6. The van der Waals surface area contributed by atoms with Gasteiger partial charge in [0, 0.05) is 30.7 Å². The number of hydrogen-bond donors (Lipinski definition) is 2. The van der Waals surface area contributed by atoms with Gasteiger partial charge in [-0.1, -0.05) is 12.1 Å². The number of carbonyl (C=O) groups excluding carboxylic acids is 2. The molecular formula is C24H31F3N2O4. The molecule has 0 radical (unpaired) electrons. The molecule has 1 spiro atoms. The molecular weight excluding hydrogens is 437 g/mol. The van der Waals surface area contributed by atoms with E-state index in [1.807, 2.05) is 13.8 Å². The molecule has 3 fully saturated rings. The molecule has 1 aliphatic carbocycles. The van der Waals surface area contributed by atoms with Gasteiger partial charge in [0.05, 0.1) is 11.0 Å². The highest BCUT2D eigenvalue weighted by Crippen LogP contribution is 2.49. The number of aliphatic hydroxyl groups excluding tert-OH is 1. The highest BCUT2D eigenvalue weighted by atomic mass is 19.4. The van der Waals surface area contributed by atoms with Crippen LogP contribution >= 0.6 is 0 Å². The summed E-state index contributed by atoms with van der Waals surface area (Å²) in [6.07, 6.45) is -3.59. The normalized spacial score (nSPS) is 31.0. The van der Waals surface area contributed by atoms with Crippen molar-refractivity contribution < 1.29 is 33.0 Å². The maximum atomic E-state index is 13.3. The van der Waals surface area contributed by atoms with Crippen LogP contribution in [0.5, 0.6) is 0 Å². The number of rotatable bonds is 4. The lowest BCUT2D eigenvalue weighted by Gasteiger charge is -2.44. The Morgan fingerprint density at radius 2 is 1.61 bits per heavy atom. The molecule has 9 heteroatoms. The average Bonchev–Trinajstić information content (AvgIpc) is 3.20. The Balaban J connectivity index is 1.42.